The molecule has 9 nitrogen and oxygen atoms in total. The molecule has 2 saturated carbocycles. The lowest BCUT2D eigenvalue weighted by Gasteiger charge is -2.46. The molecule has 0 spiro atoms. The van der Waals surface area contributed by atoms with E-state index in [0.717, 1.165) is 36.2 Å². The standard InChI is InChI=1S/C32H40N4O5/c37-16-15-35(20-33-27-12-11-24(27)23-3-1-4-23)17-21-7-9-22(10-8-21)19-41-29-6-2-5-25-26(29)18-36(32(25)40)28-13-14-30(38)34-31(28)39/h2,5-10,23-24,27-28,33,37H,1,3-4,11-20H2,(H,34,38,39). The molecule has 6 rings (SSSR count). The highest BCUT2D eigenvalue weighted by Crippen LogP contribution is 2.44. The van der Waals surface area contributed by atoms with Gasteiger partial charge in [-0.15, -0.1) is 0 Å². The van der Waals surface area contributed by atoms with Gasteiger partial charge in [0.1, 0.15) is 18.4 Å². The third kappa shape index (κ3) is 6.03. The van der Waals surface area contributed by atoms with E-state index in [4.69, 9.17) is 4.74 Å². The van der Waals surface area contributed by atoms with Gasteiger partial charge in [-0.05, 0) is 54.4 Å². The fourth-order valence-corrected chi connectivity index (χ4v) is 6.67. The van der Waals surface area contributed by atoms with E-state index >= 15 is 0 Å². The first-order valence-corrected chi connectivity index (χ1v) is 15.0. The summed E-state index contributed by atoms with van der Waals surface area (Å²) in [5, 5.41) is 15.7. The number of carbonyl (C=O) groups is 3. The number of hydrogen-bond acceptors (Lipinski definition) is 7. The molecule has 3 N–H and O–H groups in total. The summed E-state index contributed by atoms with van der Waals surface area (Å²) in [6, 6.07) is 13.7. The summed E-state index contributed by atoms with van der Waals surface area (Å²) >= 11 is 0. The molecular weight excluding hydrogens is 520 g/mol. The van der Waals surface area contributed by atoms with Crippen molar-refractivity contribution in [3.63, 3.8) is 0 Å². The summed E-state index contributed by atoms with van der Waals surface area (Å²) in [4.78, 5) is 40.8. The van der Waals surface area contributed by atoms with E-state index in [-0.39, 0.29) is 31.4 Å². The molecule has 4 aliphatic rings. The first-order chi connectivity index (χ1) is 20.0. The SMILES string of the molecule is O=C1CCC(N2Cc3c(OCc4ccc(CN(CCO)CNC5CCC5C5CCC5)cc4)cccc3C2=O)C(=O)N1. The van der Waals surface area contributed by atoms with Crippen molar-refractivity contribution in [1.82, 2.24) is 20.4 Å². The Morgan fingerprint density at radius 3 is 2.49 bits per heavy atom. The van der Waals surface area contributed by atoms with Crippen molar-refractivity contribution < 1.29 is 24.2 Å². The molecule has 3 unspecified atom stereocenters. The first kappa shape index (κ1) is 27.9. The van der Waals surface area contributed by atoms with Gasteiger partial charge in [0.15, 0.2) is 0 Å². The molecule has 9 heteroatoms. The second kappa shape index (κ2) is 12.3. The number of carbonyl (C=O) groups excluding carboxylic acids is 3. The van der Waals surface area contributed by atoms with Crippen LogP contribution in [-0.2, 0) is 29.3 Å². The smallest absolute Gasteiger partial charge is 0.255 e. The topological polar surface area (TPSA) is 111 Å². The zero-order valence-corrected chi connectivity index (χ0v) is 23.5. The van der Waals surface area contributed by atoms with Crippen molar-refractivity contribution in [3.05, 3.63) is 64.7 Å². The Morgan fingerprint density at radius 1 is 1.00 bits per heavy atom. The largest absolute Gasteiger partial charge is 0.489 e. The molecule has 0 bridgehead atoms. The van der Waals surface area contributed by atoms with Crippen LogP contribution >= 0.6 is 0 Å². The van der Waals surface area contributed by atoms with E-state index in [1.807, 2.05) is 6.07 Å². The van der Waals surface area contributed by atoms with Crippen LogP contribution in [0.4, 0.5) is 0 Å². The number of nitrogens with zero attached hydrogens (tertiary/aromatic N) is 2. The number of hydrogen-bond donors (Lipinski definition) is 3. The summed E-state index contributed by atoms with van der Waals surface area (Å²) in [6.45, 7) is 2.95. The Labute approximate surface area is 241 Å². The van der Waals surface area contributed by atoms with Crippen LogP contribution in [0.5, 0.6) is 5.75 Å². The van der Waals surface area contributed by atoms with Crippen molar-refractivity contribution in [2.75, 3.05) is 19.8 Å². The van der Waals surface area contributed by atoms with E-state index in [1.165, 1.54) is 37.7 Å². The highest BCUT2D eigenvalue weighted by molar-refractivity contribution is 6.05. The zero-order valence-electron chi connectivity index (χ0n) is 23.5. The molecule has 0 radical (unpaired) electrons. The van der Waals surface area contributed by atoms with E-state index in [1.54, 1.807) is 17.0 Å². The third-order valence-corrected chi connectivity index (χ3v) is 9.44. The number of piperidine rings is 1. The van der Waals surface area contributed by atoms with E-state index in [9.17, 15) is 19.5 Å². The summed E-state index contributed by atoms with van der Waals surface area (Å²) in [7, 11) is 0. The minimum atomic E-state index is -0.647. The lowest BCUT2D eigenvalue weighted by Crippen LogP contribution is -2.52. The molecule has 218 valence electrons. The van der Waals surface area contributed by atoms with Crippen molar-refractivity contribution >= 4 is 17.7 Å². The molecule has 0 aromatic heterocycles. The molecular formula is C32H40N4O5. The van der Waals surface area contributed by atoms with Crippen LogP contribution in [-0.4, -0.2) is 64.5 Å². The van der Waals surface area contributed by atoms with Gasteiger partial charge in [-0.1, -0.05) is 49.6 Å². The monoisotopic (exact) mass is 560 g/mol. The third-order valence-electron chi connectivity index (χ3n) is 9.44. The van der Waals surface area contributed by atoms with Crippen LogP contribution in [0.25, 0.3) is 0 Å². The second-order valence-corrected chi connectivity index (χ2v) is 12.0. The Kier molecular flexibility index (Phi) is 8.37. The van der Waals surface area contributed by atoms with Gasteiger partial charge in [-0.25, -0.2) is 0 Å². The molecule has 2 aliphatic heterocycles. The van der Waals surface area contributed by atoms with Gasteiger partial charge in [0.25, 0.3) is 5.91 Å². The number of aliphatic hydroxyl groups is 1. The number of ether oxygens (including phenoxy) is 1. The Balaban J connectivity index is 1.02. The summed E-state index contributed by atoms with van der Waals surface area (Å²) in [6.07, 6.45) is 7.35. The Bertz CT molecular complexity index is 1280. The number of rotatable bonds is 12. The van der Waals surface area contributed by atoms with Gasteiger partial charge in [0.05, 0.1) is 13.2 Å². The molecule has 3 atom stereocenters. The van der Waals surface area contributed by atoms with Crippen LogP contribution < -0.4 is 15.4 Å². The van der Waals surface area contributed by atoms with Crippen LogP contribution in [0.15, 0.2) is 42.5 Å². The number of amides is 3. The van der Waals surface area contributed by atoms with Crippen LogP contribution in [0.2, 0.25) is 0 Å². The highest BCUT2D eigenvalue weighted by atomic mass is 16.5. The minimum Gasteiger partial charge on any atom is -0.489 e. The summed E-state index contributed by atoms with van der Waals surface area (Å²) in [5.74, 6) is 1.47. The normalized spacial score (nSPS) is 24.2. The van der Waals surface area contributed by atoms with Gasteiger partial charge < -0.3 is 20.1 Å². The number of fused-ring (bicyclic) bond motifs is 1. The quantitative estimate of drug-likeness (QED) is 0.270. The molecule has 2 aromatic carbocycles. The lowest BCUT2D eigenvalue weighted by molar-refractivity contribution is -0.136. The lowest BCUT2D eigenvalue weighted by atomic mass is 9.64. The van der Waals surface area contributed by atoms with Crippen LogP contribution in [0.1, 0.15) is 72.0 Å². The average molecular weight is 561 g/mol. The zero-order chi connectivity index (χ0) is 28.3. The van der Waals surface area contributed by atoms with Gasteiger partial charge in [0.2, 0.25) is 11.8 Å². The average Bonchev–Trinajstić information content (AvgIpc) is 3.26. The van der Waals surface area contributed by atoms with Crippen molar-refractivity contribution in [3.8, 4) is 5.75 Å². The predicted molar refractivity (Wildman–Crippen MR) is 153 cm³/mol. The van der Waals surface area contributed by atoms with Crippen LogP contribution in [0, 0.1) is 11.8 Å². The molecule has 2 aromatic rings. The molecule has 2 aliphatic carbocycles. The Hall–Kier alpha value is -3.27. The maximum Gasteiger partial charge on any atom is 0.255 e. The number of benzene rings is 2. The van der Waals surface area contributed by atoms with Crippen molar-refractivity contribution in [1.29, 1.82) is 0 Å². The van der Waals surface area contributed by atoms with Gasteiger partial charge in [-0.3, -0.25) is 24.6 Å². The molecule has 41 heavy (non-hydrogen) atoms. The Morgan fingerprint density at radius 2 is 1.80 bits per heavy atom. The maximum absolute atomic E-state index is 13.1. The predicted octanol–water partition coefficient (Wildman–Crippen LogP) is 2.95. The maximum atomic E-state index is 13.1. The highest BCUT2D eigenvalue weighted by Gasteiger charge is 2.40. The molecule has 3 fully saturated rings. The number of aliphatic hydroxyl groups excluding tert-OH is 1. The first-order valence-electron chi connectivity index (χ1n) is 15.0. The number of nitrogens with one attached hydrogen (secondary N) is 2. The van der Waals surface area contributed by atoms with E-state index in [2.05, 4.69) is 39.8 Å². The fraction of sp³-hybridized carbons (Fsp3) is 0.531. The second-order valence-electron chi connectivity index (χ2n) is 12.0. The number of imide groups is 1. The van der Waals surface area contributed by atoms with Gasteiger partial charge in [0, 0.05) is 43.3 Å². The van der Waals surface area contributed by atoms with Gasteiger partial charge in [-0.2, -0.15) is 0 Å². The molecule has 1 saturated heterocycles. The van der Waals surface area contributed by atoms with E-state index in [0.29, 0.717) is 36.9 Å². The fourth-order valence-electron chi connectivity index (χ4n) is 6.67. The van der Waals surface area contributed by atoms with Crippen molar-refractivity contribution in [2.24, 2.45) is 11.8 Å². The summed E-state index contributed by atoms with van der Waals surface area (Å²) < 4.78 is 6.16. The minimum absolute atomic E-state index is 0.134. The molecule has 3 amide bonds. The summed E-state index contributed by atoms with van der Waals surface area (Å²) in [5.41, 5.74) is 3.51. The van der Waals surface area contributed by atoms with Gasteiger partial charge >= 0.3 is 0 Å². The van der Waals surface area contributed by atoms with Crippen LogP contribution in [0.3, 0.4) is 0 Å². The van der Waals surface area contributed by atoms with Crippen molar-refractivity contribution in [2.45, 2.75) is 76.7 Å². The molecule has 2 heterocycles. The van der Waals surface area contributed by atoms with E-state index < -0.39 is 11.9 Å².